The fourth-order valence-corrected chi connectivity index (χ4v) is 1.82. The summed E-state index contributed by atoms with van der Waals surface area (Å²) in [4.78, 5) is 0. The molecule has 5 atom stereocenters. The molecule has 1 aliphatic heterocycles. The van der Waals surface area contributed by atoms with E-state index in [4.69, 9.17) is 9.84 Å². The van der Waals surface area contributed by atoms with E-state index in [1.165, 1.54) is 0 Å². The molecule has 1 fully saturated rings. The fourth-order valence-electron chi connectivity index (χ4n) is 1.82. The molecule has 4 unspecified atom stereocenters. The molecule has 1 heterocycles. The zero-order chi connectivity index (χ0) is 11.8. The number of hydrogen-bond donors (Lipinski definition) is 4. The van der Waals surface area contributed by atoms with Crippen LogP contribution in [0.2, 0.25) is 0 Å². The Morgan fingerprint density at radius 1 is 1.00 bits per heavy atom. The van der Waals surface area contributed by atoms with Crippen molar-refractivity contribution in [1.82, 2.24) is 0 Å². The van der Waals surface area contributed by atoms with Crippen LogP contribution in [0.25, 0.3) is 0 Å². The van der Waals surface area contributed by atoms with Gasteiger partial charge in [-0.1, -0.05) is 20.8 Å². The van der Waals surface area contributed by atoms with Crippen molar-refractivity contribution in [3.8, 4) is 0 Å². The second-order valence-electron chi connectivity index (χ2n) is 5.12. The topological polar surface area (TPSA) is 90.2 Å². The van der Waals surface area contributed by atoms with Gasteiger partial charge in [0, 0.05) is 0 Å². The Balaban J connectivity index is 2.83. The third-order valence-corrected chi connectivity index (χ3v) is 2.75. The predicted octanol–water partition coefficient (Wildman–Crippen LogP) is -1.13. The molecule has 90 valence electrons. The van der Waals surface area contributed by atoms with Crippen LogP contribution in [-0.2, 0) is 4.74 Å². The highest BCUT2D eigenvalue weighted by Crippen LogP contribution is 2.32. The smallest absolute Gasteiger partial charge is 0.111 e. The van der Waals surface area contributed by atoms with Crippen molar-refractivity contribution in [3.63, 3.8) is 0 Å². The SMILES string of the molecule is CC(C)(C)[C@@H]1OC(CO)C(O)C(O)C1O. The first-order valence-electron chi connectivity index (χ1n) is 5.09. The van der Waals surface area contributed by atoms with Crippen LogP contribution in [0.3, 0.4) is 0 Å². The van der Waals surface area contributed by atoms with E-state index < -0.39 is 30.5 Å². The summed E-state index contributed by atoms with van der Waals surface area (Å²) in [7, 11) is 0. The van der Waals surface area contributed by atoms with Crippen molar-refractivity contribution < 1.29 is 25.2 Å². The summed E-state index contributed by atoms with van der Waals surface area (Å²) < 4.78 is 5.38. The Kier molecular flexibility index (Phi) is 3.73. The molecular formula is C10H20O5. The third kappa shape index (κ3) is 2.49. The molecule has 5 nitrogen and oxygen atoms in total. The molecule has 0 aromatic rings. The molecule has 0 radical (unpaired) electrons. The fraction of sp³-hybridized carbons (Fsp3) is 1.00. The number of ether oxygens (including phenoxy) is 1. The summed E-state index contributed by atoms with van der Waals surface area (Å²) in [6.07, 6.45) is -5.10. The van der Waals surface area contributed by atoms with Crippen molar-refractivity contribution in [2.45, 2.75) is 51.3 Å². The lowest BCUT2D eigenvalue weighted by atomic mass is 9.80. The summed E-state index contributed by atoms with van der Waals surface area (Å²) in [5.41, 5.74) is -0.367. The molecular weight excluding hydrogens is 200 g/mol. The van der Waals surface area contributed by atoms with Crippen molar-refractivity contribution >= 4 is 0 Å². The number of aliphatic hydroxyl groups is 4. The van der Waals surface area contributed by atoms with Crippen molar-refractivity contribution in [3.05, 3.63) is 0 Å². The maximum Gasteiger partial charge on any atom is 0.111 e. The van der Waals surface area contributed by atoms with E-state index in [0.29, 0.717) is 0 Å². The average Bonchev–Trinajstić information content (AvgIpc) is 2.13. The number of hydrogen-bond acceptors (Lipinski definition) is 5. The Hall–Kier alpha value is -0.200. The van der Waals surface area contributed by atoms with Crippen LogP contribution in [0, 0.1) is 5.41 Å². The van der Waals surface area contributed by atoms with Crippen LogP contribution in [0.1, 0.15) is 20.8 Å². The lowest BCUT2D eigenvalue weighted by Crippen LogP contribution is -2.61. The van der Waals surface area contributed by atoms with Crippen molar-refractivity contribution in [2.75, 3.05) is 6.61 Å². The minimum atomic E-state index is -1.28. The quantitative estimate of drug-likeness (QED) is 0.449. The van der Waals surface area contributed by atoms with E-state index in [2.05, 4.69) is 0 Å². The van der Waals surface area contributed by atoms with Crippen LogP contribution in [0.15, 0.2) is 0 Å². The Morgan fingerprint density at radius 3 is 1.93 bits per heavy atom. The minimum absolute atomic E-state index is 0.367. The second kappa shape index (κ2) is 4.35. The highest BCUT2D eigenvalue weighted by atomic mass is 16.5. The lowest BCUT2D eigenvalue weighted by Gasteiger charge is -2.45. The van der Waals surface area contributed by atoms with Crippen molar-refractivity contribution in [1.29, 1.82) is 0 Å². The summed E-state index contributed by atoms with van der Waals surface area (Å²) in [6, 6.07) is 0. The van der Waals surface area contributed by atoms with Crippen LogP contribution in [0.4, 0.5) is 0 Å². The first kappa shape index (κ1) is 12.9. The van der Waals surface area contributed by atoms with E-state index in [9.17, 15) is 15.3 Å². The molecule has 0 aliphatic carbocycles. The summed E-state index contributed by atoms with van der Waals surface area (Å²) in [5.74, 6) is 0. The van der Waals surface area contributed by atoms with E-state index in [0.717, 1.165) is 0 Å². The Labute approximate surface area is 89.3 Å². The molecule has 1 saturated heterocycles. The van der Waals surface area contributed by atoms with Gasteiger partial charge >= 0.3 is 0 Å². The average molecular weight is 220 g/mol. The largest absolute Gasteiger partial charge is 0.394 e. The summed E-state index contributed by atoms with van der Waals surface area (Å²) in [6.45, 7) is 5.21. The van der Waals surface area contributed by atoms with Crippen molar-refractivity contribution in [2.24, 2.45) is 5.41 Å². The molecule has 0 spiro atoms. The van der Waals surface area contributed by atoms with Gasteiger partial charge in [-0.3, -0.25) is 0 Å². The van der Waals surface area contributed by atoms with Gasteiger partial charge in [-0.15, -0.1) is 0 Å². The minimum Gasteiger partial charge on any atom is -0.394 e. The molecule has 4 N–H and O–H groups in total. The normalized spacial score (nSPS) is 43.0. The number of rotatable bonds is 1. The predicted molar refractivity (Wildman–Crippen MR) is 53.2 cm³/mol. The number of aliphatic hydroxyl groups excluding tert-OH is 4. The summed E-state index contributed by atoms with van der Waals surface area (Å²) in [5, 5.41) is 37.8. The summed E-state index contributed by atoms with van der Waals surface area (Å²) >= 11 is 0. The highest BCUT2D eigenvalue weighted by Gasteiger charge is 2.47. The zero-order valence-electron chi connectivity index (χ0n) is 9.29. The lowest BCUT2D eigenvalue weighted by molar-refractivity contribution is -0.250. The van der Waals surface area contributed by atoms with Gasteiger partial charge in [0.1, 0.15) is 24.4 Å². The van der Waals surface area contributed by atoms with E-state index in [1.807, 2.05) is 20.8 Å². The van der Waals surface area contributed by atoms with Gasteiger partial charge in [-0.25, -0.2) is 0 Å². The molecule has 0 bridgehead atoms. The van der Waals surface area contributed by atoms with E-state index in [-0.39, 0.29) is 12.0 Å². The second-order valence-corrected chi connectivity index (χ2v) is 5.12. The Bertz CT molecular complexity index is 210. The standard InChI is InChI=1S/C10H20O5/c1-10(2,3)9-8(14)7(13)6(12)5(4-11)15-9/h5-9,11-14H,4H2,1-3H3/t5?,6?,7?,8?,9-/m1/s1. The zero-order valence-corrected chi connectivity index (χ0v) is 9.29. The molecule has 0 saturated carbocycles. The van der Waals surface area contributed by atoms with Gasteiger partial charge in [0.05, 0.1) is 12.7 Å². The first-order valence-corrected chi connectivity index (χ1v) is 5.09. The third-order valence-electron chi connectivity index (χ3n) is 2.75. The van der Waals surface area contributed by atoms with E-state index >= 15 is 0 Å². The molecule has 1 aliphatic rings. The molecule has 15 heavy (non-hydrogen) atoms. The van der Waals surface area contributed by atoms with Crippen LogP contribution < -0.4 is 0 Å². The van der Waals surface area contributed by atoms with Gasteiger partial charge < -0.3 is 25.2 Å². The monoisotopic (exact) mass is 220 g/mol. The van der Waals surface area contributed by atoms with Gasteiger partial charge in [0.25, 0.3) is 0 Å². The van der Waals surface area contributed by atoms with Crippen LogP contribution in [0.5, 0.6) is 0 Å². The molecule has 0 amide bonds. The van der Waals surface area contributed by atoms with E-state index in [1.54, 1.807) is 0 Å². The molecule has 0 aromatic heterocycles. The molecule has 0 aromatic carbocycles. The highest BCUT2D eigenvalue weighted by molar-refractivity contribution is 4.96. The maximum atomic E-state index is 9.74. The van der Waals surface area contributed by atoms with Gasteiger partial charge in [-0.2, -0.15) is 0 Å². The maximum absolute atomic E-state index is 9.74. The van der Waals surface area contributed by atoms with Crippen LogP contribution >= 0.6 is 0 Å². The van der Waals surface area contributed by atoms with Crippen LogP contribution in [-0.4, -0.2) is 57.6 Å². The van der Waals surface area contributed by atoms with Gasteiger partial charge in [0.15, 0.2) is 0 Å². The van der Waals surface area contributed by atoms with Gasteiger partial charge in [-0.05, 0) is 5.41 Å². The van der Waals surface area contributed by atoms with Gasteiger partial charge in [0.2, 0.25) is 0 Å². The molecule has 5 heteroatoms. The molecule has 1 rings (SSSR count). The first-order chi connectivity index (χ1) is 6.79. The Morgan fingerprint density at radius 2 is 1.53 bits per heavy atom.